The van der Waals surface area contributed by atoms with Crippen molar-refractivity contribution in [3.05, 3.63) is 0 Å². The summed E-state index contributed by atoms with van der Waals surface area (Å²) in [6, 6.07) is 0. The lowest BCUT2D eigenvalue weighted by atomic mass is 10.2. The van der Waals surface area contributed by atoms with E-state index in [1.54, 1.807) is 0 Å². The van der Waals surface area contributed by atoms with Gasteiger partial charge in [-0.15, -0.1) is 0 Å². The number of unbranched alkanes of at least 4 members (excludes halogenated alkanes) is 3. The predicted octanol–water partition coefficient (Wildman–Crippen LogP) is 3.12. The molecule has 0 rings (SSSR count). The third-order valence-electron chi connectivity index (χ3n) is 1.53. The Labute approximate surface area is 74.6 Å². The zero-order chi connectivity index (χ0) is 8.36. The van der Waals surface area contributed by atoms with Crippen LogP contribution < -0.4 is 0 Å². The zero-order valence-corrected chi connectivity index (χ0v) is 8.29. The van der Waals surface area contributed by atoms with E-state index in [-0.39, 0.29) is 6.61 Å². The van der Waals surface area contributed by atoms with E-state index in [1.165, 1.54) is 30.8 Å². The molecule has 0 aliphatic heterocycles. The third-order valence-corrected chi connectivity index (χ3v) is 2.81. The predicted molar refractivity (Wildman–Crippen MR) is 51.6 cm³/mol. The third kappa shape index (κ3) is 10.3. The first-order chi connectivity index (χ1) is 5.41. The standard InChI is InChI=1S/C9H19OS/c1-2-8-11-9-6-4-3-5-7-10/h2-9H2,1H3. The van der Waals surface area contributed by atoms with Crippen molar-refractivity contribution in [1.82, 2.24) is 0 Å². The fourth-order valence-corrected chi connectivity index (χ4v) is 1.81. The average molecular weight is 175 g/mol. The van der Waals surface area contributed by atoms with Gasteiger partial charge in [0.05, 0.1) is 6.61 Å². The van der Waals surface area contributed by atoms with Crippen molar-refractivity contribution in [2.45, 2.75) is 39.0 Å². The molecule has 0 spiro atoms. The number of rotatable bonds is 8. The first-order valence-electron chi connectivity index (χ1n) is 4.57. The molecular weight excluding hydrogens is 156 g/mol. The lowest BCUT2D eigenvalue weighted by Gasteiger charge is -1.98. The molecule has 0 aliphatic rings. The smallest absolute Gasteiger partial charge is 0.0822 e. The Morgan fingerprint density at radius 3 is 2.36 bits per heavy atom. The van der Waals surface area contributed by atoms with E-state index in [0.717, 1.165) is 12.8 Å². The van der Waals surface area contributed by atoms with Gasteiger partial charge in [0.1, 0.15) is 0 Å². The van der Waals surface area contributed by atoms with Crippen LogP contribution in [0.15, 0.2) is 0 Å². The van der Waals surface area contributed by atoms with Gasteiger partial charge in [-0.3, -0.25) is 0 Å². The number of thioether (sulfide) groups is 1. The van der Waals surface area contributed by atoms with E-state index >= 15 is 0 Å². The van der Waals surface area contributed by atoms with Crippen LogP contribution in [0.25, 0.3) is 0 Å². The Balaban J connectivity index is 2.69. The molecule has 0 aliphatic carbocycles. The van der Waals surface area contributed by atoms with Crippen LogP contribution in [-0.4, -0.2) is 18.1 Å². The largest absolute Gasteiger partial charge is 0.237 e. The van der Waals surface area contributed by atoms with Gasteiger partial charge < -0.3 is 0 Å². The molecule has 1 nitrogen and oxygen atoms in total. The normalized spacial score (nSPS) is 10.4. The van der Waals surface area contributed by atoms with E-state index in [4.69, 9.17) is 0 Å². The Morgan fingerprint density at radius 2 is 1.73 bits per heavy atom. The fourth-order valence-electron chi connectivity index (χ4n) is 0.906. The molecule has 0 amide bonds. The quantitative estimate of drug-likeness (QED) is 0.519. The van der Waals surface area contributed by atoms with Gasteiger partial charge in [0.25, 0.3) is 0 Å². The van der Waals surface area contributed by atoms with Gasteiger partial charge in [-0.05, 0) is 30.8 Å². The van der Waals surface area contributed by atoms with Gasteiger partial charge in [0, 0.05) is 0 Å². The van der Waals surface area contributed by atoms with Gasteiger partial charge in [0.2, 0.25) is 0 Å². The minimum atomic E-state index is 0.113. The molecule has 0 aromatic heterocycles. The second kappa shape index (κ2) is 10.3. The van der Waals surface area contributed by atoms with Gasteiger partial charge >= 0.3 is 0 Å². The average Bonchev–Trinajstić information content (AvgIpc) is 2.03. The van der Waals surface area contributed by atoms with Crippen molar-refractivity contribution < 1.29 is 5.11 Å². The van der Waals surface area contributed by atoms with Crippen LogP contribution in [0.1, 0.15) is 39.0 Å². The van der Waals surface area contributed by atoms with Gasteiger partial charge in [-0.1, -0.05) is 19.8 Å². The minimum absolute atomic E-state index is 0.113. The van der Waals surface area contributed by atoms with Crippen LogP contribution in [0.2, 0.25) is 0 Å². The van der Waals surface area contributed by atoms with Gasteiger partial charge in [0.15, 0.2) is 0 Å². The zero-order valence-electron chi connectivity index (χ0n) is 7.47. The van der Waals surface area contributed by atoms with Crippen molar-refractivity contribution >= 4 is 11.8 Å². The van der Waals surface area contributed by atoms with Crippen LogP contribution in [0, 0.1) is 0 Å². The highest BCUT2D eigenvalue weighted by Gasteiger charge is 1.89. The van der Waals surface area contributed by atoms with E-state index in [2.05, 4.69) is 6.92 Å². The fraction of sp³-hybridized carbons (Fsp3) is 1.00. The second-order valence-electron chi connectivity index (χ2n) is 2.73. The van der Waals surface area contributed by atoms with E-state index in [0.29, 0.717) is 0 Å². The molecule has 0 fully saturated rings. The maximum absolute atomic E-state index is 10.1. The summed E-state index contributed by atoms with van der Waals surface area (Å²) in [6.45, 7) is 2.33. The number of hydrogen-bond acceptors (Lipinski definition) is 1. The van der Waals surface area contributed by atoms with E-state index in [9.17, 15) is 5.11 Å². The summed E-state index contributed by atoms with van der Waals surface area (Å²) in [6.07, 6.45) is 5.84. The van der Waals surface area contributed by atoms with Gasteiger partial charge in [-0.2, -0.15) is 11.8 Å². The lowest BCUT2D eigenvalue weighted by molar-refractivity contribution is 0.186. The van der Waals surface area contributed by atoms with Crippen LogP contribution in [0.4, 0.5) is 0 Å². The summed E-state index contributed by atoms with van der Waals surface area (Å²) in [5.74, 6) is 2.58. The van der Waals surface area contributed by atoms with Crippen molar-refractivity contribution in [2.24, 2.45) is 0 Å². The van der Waals surface area contributed by atoms with E-state index in [1.807, 2.05) is 11.8 Å². The first-order valence-corrected chi connectivity index (χ1v) is 5.73. The summed E-state index contributed by atoms with van der Waals surface area (Å²) in [7, 11) is 0. The highest BCUT2D eigenvalue weighted by molar-refractivity contribution is 7.99. The highest BCUT2D eigenvalue weighted by Crippen LogP contribution is 2.08. The lowest BCUT2D eigenvalue weighted by Crippen LogP contribution is -1.85. The van der Waals surface area contributed by atoms with Crippen molar-refractivity contribution in [3.8, 4) is 0 Å². The topological polar surface area (TPSA) is 19.9 Å². The monoisotopic (exact) mass is 175 g/mol. The molecule has 0 saturated heterocycles. The first kappa shape index (κ1) is 11.3. The molecule has 0 heterocycles. The van der Waals surface area contributed by atoms with Crippen molar-refractivity contribution in [2.75, 3.05) is 18.1 Å². The second-order valence-corrected chi connectivity index (χ2v) is 3.96. The molecule has 0 aromatic rings. The molecule has 0 saturated carbocycles. The Hall–Kier alpha value is 0.310. The molecular formula is C9H19OS. The van der Waals surface area contributed by atoms with Crippen LogP contribution in [-0.2, 0) is 5.11 Å². The summed E-state index contributed by atoms with van der Waals surface area (Å²) in [5.41, 5.74) is 0. The minimum Gasteiger partial charge on any atom is -0.237 e. The van der Waals surface area contributed by atoms with Gasteiger partial charge in [-0.25, -0.2) is 5.11 Å². The Bertz CT molecular complexity index is 58.6. The molecule has 0 bridgehead atoms. The molecule has 11 heavy (non-hydrogen) atoms. The molecule has 0 aromatic carbocycles. The van der Waals surface area contributed by atoms with Crippen molar-refractivity contribution in [1.29, 1.82) is 0 Å². The van der Waals surface area contributed by atoms with E-state index < -0.39 is 0 Å². The SMILES string of the molecule is CCCSCCCCCC[O]. The number of hydrogen-bond donors (Lipinski definition) is 0. The maximum Gasteiger partial charge on any atom is 0.0822 e. The summed E-state index contributed by atoms with van der Waals surface area (Å²) < 4.78 is 0. The van der Waals surface area contributed by atoms with Crippen LogP contribution in [0.5, 0.6) is 0 Å². The highest BCUT2D eigenvalue weighted by atomic mass is 32.2. The molecule has 0 atom stereocenters. The Morgan fingerprint density at radius 1 is 1.00 bits per heavy atom. The Kier molecular flexibility index (Phi) is 10.6. The molecule has 2 heteroatoms. The van der Waals surface area contributed by atoms with Crippen molar-refractivity contribution in [3.63, 3.8) is 0 Å². The van der Waals surface area contributed by atoms with Crippen LogP contribution in [0.3, 0.4) is 0 Å². The molecule has 0 unspecified atom stereocenters. The molecule has 1 radical (unpaired) electrons. The van der Waals surface area contributed by atoms with Crippen LogP contribution >= 0.6 is 11.8 Å². The maximum atomic E-state index is 10.1. The molecule has 0 N–H and O–H groups in total. The summed E-state index contributed by atoms with van der Waals surface area (Å²) in [4.78, 5) is 0. The molecule has 67 valence electrons. The summed E-state index contributed by atoms with van der Waals surface area (Å²) >= 11 is 2.03. The summed E-state index contributed by atoms with van der Waals surface area (Å²) in [5, 5.41) is 10.1.